The van der Waals surface area contributed by atoms with Crippen molar-refractivity contribution in [3.63, 3.8) is 0 Å². The van der Waals surface area contributed by atoms with Gasteiger partial charge in [0.05, 0.1) is 12.3 Å². The van der Waals surface area contributed by atoms with Gasteiger partial charge in [-0.05, 0) is 32.6 Å². The molecule has 2 fully saturated rings. The van der Waals surface area contributed by atoms with E-state index in [1.807, 2.05) is 4.90 Å². The Kier molecular flexibility index (Phi) is 5.20. The highest BCUT2D eigenvalue weighted by Gasteiger charge is 2.30. The van der Waals surface area contributed by atoms with Crippen LogP contribution in [0.1, 0.15) is 44.3 Å². The third-order valence-corrected chi connectivity index (χ3v) is 5.20. The first-order chi connectivity index (χ1) is 11.2. The standard InChI is InChI=1S/C15H23N5O2S/c1-2-20-14(11-5-6-11)17-18-15(20)23-10-12(21)16-9-13(22)19-7-3-4-8-19/h11H,2-10H2,1H3,(H,16,21). The van der Waals surface area contributed by atoms with E-state index in [-0.39, 0.29) is 24.1 Å². The van der Waals surface area contributed by atoms with Gasteiger partial charge in [-0.3, -0.25) is 9.59 Å². The molecule has 23 heavy (non-hydrogen) atoms. The zero-order chi connectivity index (χ0) is 16.2. The van der Waals surface area contributed by atoms with Crippen LogP contribution in [-0.4, -0.2) is 56.9 Å². The van der Waals surface area contributed by atoms with Crippen LogP contribution in [0.25, 0.3) is 0 Å². The minimum Gasteiger partial charge on any atom is -0.346 e. The van der Waals surface area contributed by atoms with Gasteiger partial charge in [0.15, 0.2) is 5.16 Å². The van der Waals surface area contributed by atoms with E-state index < -0.39 is 0 Å². The minimum atomic E-state index is -0.138. The second-order valence-corrected chi connectivity index (χ2v) is 6.96. The maximum Gasteiger partial charge on any atom is 0.241 e. The number of rotatable bonds is 7. The molecule has 1 aromatic heterocycles. The Morgan fingerprint density at radius 2 is 2.00 bits per heavy atom. The van der Waals surface area contributed by atoms with E-state index >= 15 is 0 Å². The summed E-state index contributed by atoms with van der Waals surface area (Å²) in [5.41, 5.74) is 0. The third-order valence-electron chi connectivity index (χ3n) is 4.23. The van der Waals surface area contributed by atoms with E-state index in [4.69, 9.17) is 0 Å². The van der Waals surface area contributed by atoms with Crippen LogP contribution in [0.5, 0.6) is 0 Å². The zero-order valence-electron chi connectivity index (χ0n) is 13.5. The Hall–Kier alpha value is -1.57. The Morgan fingerprint density at radius 1 is 1.26 bits per heavy atom. The van der Waals surface area contributed by atoms with Crippen molar-refractivity contribution in [3.8, 4) is 0 Å². The zero-order valence-corrected chi connectivity index (χ0v) is 14.3. The molecule has 8 heteroatoms. The lowest BCUT2D eigenvalue weighted by molar-refractivity contribution is -0.131. The van der Waals surface area contributed by atoms with Crippen molar-refractivity contribution in [1.82, 2.24) is 25.0 Å². The number of hydrogen-bond donors (Lipinski definition) is 1. The van der Waals surface area contributed by atoms with Crippen LogP contribution in [0.4, 0.5) is 0 Å². The van der Waals surface area contributed by atoms with E-state index in [1.165, 1.54) is 24.6 Å². The molecule has 2 heterocycles. The van der Waals surface area contributed by atoms with Gasteiger partial charge in [0, 0.05) is 25.6 Å². The Balaban J connectivity index is 1.44. The summed E-state index contributed by atoms with van der Waals surface area (Å²) in [6.45, 7) is 4.59. The van der Waals surface area contributed by atoms with Crippen LogP contribution < -0.4 is 5.32 Å². The summed E-state index contributed by atoms with van der Waals surface area (Å²) >= 11 is 1.38. The SMILES string of the molecule is CCn1c(SCC(=O)NCC(=O)N2CCCC2)nnc1C1CC1. The molecule has 7 nitrogen and oxygen atoms in total. The van der Waals surface area contributed by atoms with Crippen LogP contribution >= 0.6 is 11.8 Å². The van der Waals surface area contributed by atoms with E-state index in [0.29, 0.717) is 5.92 Å². The number of carbonyl (C=O) groups excluding carboxylic acids is 2. The van der Waals surface area contributed by atoms with Gasteiger partial charge in [0.1, 0.15) is 5.82 Å². The van der Waals surface area contributed by atoms with Crippen molar-refractivity contribution in [2.24, 2.45) is 0 Å². The fourth-order valence-electron chi connectivity index (χ4n) is 2.78. The summed E-state index contributed by atoms with van der Waals surface area (Å²) in [7, 11) is 0. The largest absolute Gasteiger partial charge is 0.346 e. The molecule has 1 N–H and O–H groups in total. The molecule has 1 aromatic rings. The number of aromatic nitrogens is 3. The maximum absolute atomic E-state index is 11.9. The monoisotopic (exact) mass is 337 g/mol. The third kappa shape index (κ3) is 4.04. The molecule has 1 saturated heterocycles. The van der Waals surface area contributed by atoms with E-state index in [9.17, 15) is 9.59 Å². The van der Waals surface area contributed by atoms with Crippen molar-refractivity contribution in [1.29, 1.82) is 0 Å². The van der Waals surface area contributed by atoms with E-state index in [1.54, 1.807) is 0 Å². The first-order valence-electron chi connectivity index (χ1n) is 8.29. The normalized spacial score (nSPS) is 17.5. The van der Waals surface area contributed by atoms with Gasteiger partial charge in [-0.25, -0.2) is 0 Å². The number of nitrogens with one attached hydrogen (secondary N) is 1. The quantitative estimate of drug-likeness (QED) is 0.751. The van der Waals surface area contributed by atoms with E-state index in [2.05, 4.69) is 27.0 Å². The smallest absolute Gasteiger partial charge is 0.241 e. The molecule has 0 spiro atoms. The lowest BCUT2D eigenvalue weighted by Gasteiger charge is -2.15. The average Bonchev–Trinajstić information content (AvgIpc) is 3.10. The van der Waals surface area contributed by atoms with Gasteiger partial charge < -0.3 is 14.8 Å². The lowest BCUT2D eigenvalue weighted by Crippen LogP contribution is -2.39. The number of thioether (sulfide) groups is 1. The van der Waals surface area contributed by atoms with Crippen molar-refractivity contribution < 1.29 is 9.59 Å². The van der Waals surface area contributed by atoms with Crippen LogP contribution in [0.3, 0.4) is 0 Å². The summed E-state index contributed by atoms with van der Waals surface area (Å²) in [5, 5.41) is 11.9. The van der Waals surface area contributed by atoms with Gasteiger partial charge >= 0.3 is 0 Å². The predicted molar refractivity (Wildman–Crippen MR) is 87.2 cm³/mol. The maximum atomic E-state index is 11.9. The molecule has 0 bridgehead atoms. The molecule has 0 radical (unpaired) electrons. The number of amides is 2. The molecule has 0 unspecified atom stereocenters. The Bertz CT molecular complexity index is 578. The molecule has 1 saturated carbocycles. The van der Waals surface area contributed by atoms with Crippen molar-refractivity contribution in [3.05, 3.63) is 5.82 Å². The fraction of sp³-hybridized carbons (Fsp3) is 0.733. The molecule has 1 aliphatic heterocycles. The summed E-state index contributed by atoms with van der Waals surface area (Å²) in [6.07, 6.45) is 4.49. The highest BCUT2D eigenvalue weighted by Crippen LogP contribution is 2.39. The molecule has 1 aliphatic carbocycles. The summed E-state index contributed by atoms with van der Waals surface area (Å²) < 4.78 is 2.09. The molecular weight excluding hydrogens is 314 g/mol. The number of carbonyl (C=O) groups is 2. The molecule has 0 atom stereocenters. The molecule has 2 aliphatic rings. The van der Waals surface area contributed by atoms with E-state index in [0.717, 1.165) is 43.5 Å². The van der Waals surface area contributed by atoms with Crippen LogP contribution in [0.15, 0.2) is 5.16 Å². The highest BCUT2D eigenvalue weighted by molar-refractivity contribution is 7.99. The molecular formula is C15H23N5O2S. The first-order valence-corrected chi connectivity index (χ1v) is 9.28. The summed E-state index contributed by atoms with van der Waals surface area (Å²) in [4.78, 5) is 25.6. The molecule has 2 amide bonds. The number of likely N-dealkylation sites (tertiary alicyclic amines) is 1. The van der Waals surface area contributed by atoms with Crippen LogP contribution in [-0.2, 0) is 16.1 Å². The average molecular weight is 337 g/mol. The van der Waals surface area contributed by atoms with Crippen LogP contribution in [0, 0.1) is 0 Å². The highest BCUT2D eigenvalue weighted by atomic mass is 32.2. The second kappa shape index (κ2) is 7.33. The predicted octanol–water partition coefficient (Wildman–Crippen LogP) is 1.01. The topological polar surface area (TPSA) is 80.1 Å². The molecule has 126 valence electrons. The van der Waals surface area contributed by atoms with Gasteiger partial charge in [0.25, 0.3) is 0 Å². The van der Waals surface area contributed by atoms with Crippen molar-refractivity contribution in [2.75, 3.05) is 25.4 Å². The lowest BCUT2D eigenvalue weighted by atomic mass is 10.4. The van der Waals surface area contributed by atoms with Crippen LogP contribution in [0.2, 0.25) is 0 Å². The minimum absolute atomic E-state index is 0.00796. The van der Waals surface area contributed by atoms with Crippen molar-refractivity contribution in [2.45, 2.75) is 50.2 Å². The van der Waals surface area contributed by atoms with Gasteiger partial charge in [-0.1, -0.05) is 11.8 Å². The van der Waals surface area contributed by atoms with Gasteiger partial charge in [0.2, 0.25) is 11.8 Å². The summed E-state index contributed by atoms with van der Waals surface area (Å²) in [5.74, 6) is 1.72. The van der Waals surface area contributed by atoms with Gasteiger partial charge in [-0.15, -0.1) is 10.2 Å². The van der Waals surface area contributed by atoms with Crippen molar-refractivity contribution >= 4 is 23.6 Å². The number of hydrogen-bond acceptors (Lipinski definition) is 5. The molecule has 0 aromatic carbocycles. The molecule has 3 rings (SSSR count). The fourth-order valence-corrected chi connectivity index (χ4v) is 3.62. The second-order valence-electron chi connectivity index (χ2n) is 6.01. The Morgan fingerprint density at radius 3 is 2.65 bits per heavy atom. The first kappa shape index (κ1) is 16.3. The Labute approximate surface area is 140 Å². The summed E-state index contributed by atoms with van der Waals surface area (Å²) in [6, 6.07) is 0. The number of nitrogens with zero attached hydrogens (tertiary/aromatic N) is 4. The van der Waals surface area contributed by atoms with Gasteiger partial charge in [-0.2, -0.15) is 0 Å².